The first-order chi connectivity index (χ1) is 13.5. The largest absolute Gasteiger partial charge is 0.465 e. The zero-order chi connectivity index (χ0) is 21.7. The Hall–Kier alpha value is -3.08. The van der Waals surface area contributed by atoms with Gasteiger partial charge in [-0.3, -0.25) is 4.28 Å². The highest BCUT2D eigenvalue weighted by atomic mass is 32.2. The Labute approximate surface area is 164 Å². The molecule has 0 saturated heterocycles. The molecular weight excluding hydrogens is 413 g/mol. The fourth-order valence-corrected chi connectivity index (χ4v) is 2.97. The predicted octanol–water partition coefficient (Wildman–Crippen LogP) is 3.48. The number of nitrogens with one attached hydrogen (secondary N) is 1. The zero-order valence-corrected chi connectivity index (χ0v) is 15.9. The molecule has 2 aromatic carbocycles. The number of nitrogens with zero attached hydrogens (tertiary/aromatic N) is 1. The van der Waals surface area contributed by atoms with Crippen LogP contribution in [0.3, 0.4) is 0 Å². The Bertz CT molecular complexity index is 986. The van der Waals surface area contributed by atoms with Gasteiger partial charge in [-0.25, -0.2) is 4.79 Å². The van der Waals surface area contributed by atoms with Gasteiger partial charge in [-0.2, -0.15) is 21.6 Å². The van der Waals surface area contributed by atoms with Gasteiger partial charge in [0, 0.05) is 12.1 Å². The van der Waals surface area contributed by atoms with Gasteiger partial charge in [0.15, 0.2) is 5.71 Å². The second-order valence-corrected chi connectivity index (χ2v) is 7.49. The first-order valence-electron chi connectivity index (χ1n) is 8.20. The second-order valence-electron chi connectivity index (χ2n) is 5.96. The van der Waals surface area contributed by atoms with Crippen molar-refractivity contribution in [3.63, 3.8) is 0 Å². The van der Waals surface area contributed by atoms with Crippen LogP contribution in [0.2, 0.25) is 0 Å². The summed E-state index contributed by atoms with van der Waals surface area (Å²) in [5.74, 6) is 0. The van der Waals surface area contributed by atoms with Crippen LogP contribution >= 0.6 is 0 Å². The molecule has 0 aliphatic heterocycles. The highest BCUT2D eigenvalue weighted by Crippen LogP contribution is 2.24. The zero-order valence-electron chi connectivity index (χ0n) is 15.1. The summed E-state index contributed by atoms with van der Waals surface area (Å²) in [6.45, 7) is 1.81. The van der Waals surface area contributed by atoms with E-state index in [9.17, 15) is 26.4 Å². The molecule has 7 nitrogen and oxygen atoms in total. The topological polar surface area (TPSA) is 105 Å². The van der Waals surface area contributed by atoms with Crippen LogP contribution in [0.25, 0.3) is 0 Å². The predicted molar refractivity (Wildman–Crippen MR) is 98.2 cm³/mol. The number of hydrogen-bond donors (Lipinski definition) is 2. The summed E-state index contributed by atoms with van der Waals surface area (Å²) in [6.07, 6.45) is -5.90. The molecule has 0 aromatic heterocycles. The molecule has 11 heteroatoms. The van der Waals surface area contributed by atoms with E-state index in [4.69, 9.17) is 5.11 Å². The highest BCUT2D eigenvalue weighted by Gasteiger charge is 2.38. The van der Waals surface area contributed by atoms with Gasteiger partial charge in [0.25, 0.3) is 0 Å². The molecule has 0 radical (unpaired) electrons. The molecule has 156 valence electrons. The van der Waals surface area contributed by atoms with E-state index in [1.807, 2.05) is 0 Å². The number of hydrogen-bond acceptors (Lipinski definition) is 5. The van der Waals surface area contributed by atoms with Crippen molar-refractivity contribution < 1.29 is 35.8 Å². The van der Waals surface area contributed by atoms with E-state index in [1.165, 1.54) is 36.4 Å². The molecule has 1 amide bonds. The smallest absolute Gasteiger partial charge is 0.437 e. The minimum absolute atomic E-state index is 0.0901. The molecule has 2 N–H and O–H groups in total. The average Bonchev–Trinajstić information content (AvgIpc) is 2.62. The summed E-state index contributed by atoms with van der Waals surface area (Å²) in [6, 6.07) is 10.3. The molecule has 0 unspecified atom stereocenters. The molecular formula is C18H17F3N2O5S. The van der Waals surface area contributed by atoms with E-state index in [0.717, 1.165) is 17.7 Å². The number of benzene rings is 2. The molecule has 2 rings (SSSR count). The van der Waals surface area contributed by atoms with Crippen molar-refractivity contribution in [3.8, 4) is 0 Å². The van der Waals surface area contributed by atoms with Crippen molar-refractivity contribution >= 4 is 21.9 Å². The Morgan fingerprint density at radius 1 is 1.10 bits per heavy atom. The number of alkyl halides is 3. The van der Waals surface area contributed by atoms with Crippen molar-refractivity contribution in [2.75, 3.05) is 6.54 Å². The lowest BCUT2D eigenvalue weighted by Gasteiger charge is -2.11. The summed E-state index contributed by atoms with van der Waals surface area (Å²) in [7, 11) is -4.52. The lowest BCUT2D eigenvalue weighted by atomic mass is 10.1. The van der Waals surface area contributed by atoms with Crippen molar-refractivity contribution in [3.05, 3.63) is 65.2 Å². The summed E-state index contributed by atoms with van der Waals surface area (Å²) >= 11 is 0. The van der Waals surface area contributed by atoms with Crippen LogP contribution in [0.4, 0.5) is 18.0 Å². The number of rotatable bonds is 7. The number of oxime groups is 1. The van der Waals surface area contributed by atoms with Gasteiger partial charge >= 0.3 is 22.4 Å². The van der Waals surface area contributed by atoms with Crippen LogP contribution < -0.4 is 5.32 Å². The number of amides is 1. The van der Waals surface area contributed by atoms with Crippen LogP contribution in [0.1, 0.15) is 16.7 Å². The summed E-state index contributed by atoms with van der Waals surface area (Å²) in [5.41, 5.74) is -0.561. The van der Waals surface area contributed by atoms with Crippen LogP contribution in [-0.4, -0.2) is 38.1 Å². The Morgan fingerprint density at radius 3 is 2.21 bits per heavy atom. The van der Waals surface area contributed by atoms with Crippen molar-refractivity contribution in [1.29, 1.82) is 0 Å². The van der Waals surface area contributed by atoms with E-state index in [-0.39, 0.29) is 17.9 Å². The molecule has 0 saturated carbocycles. The van der Waals surface area contributed by atoms with Gasteiger partial charge in [-0.15, -0.1) is 0 Å². The summed E-state index contributed by atoms with van der Waals surface area (Å²) in [5, 5.41) is 13.5. The summed E-state index contributed by atoms with van der Waals surface area (Å²) in [4.78, 5) is 10.1. The van der Waals surface area contributed by atoms with Gasteiger partial charge in [-0.1, -0.05) is 47.1 Å². The highest BCUT2D eigenvalue weighted by molar-refractivity contribution is 7.86. The number of carbonyl (C=O) groups is 1. The molecule has 29 heavy (non-hydrogen) atoms. The quantitative estimate of drug-likeness (QED) is 0.517. The van der Waals surface area contributed by atoms with E-state index < -0.39 is 33.7 Å². The van der Waals surface area contributed by atoms with E-state index in [1.54, 1.807) is 6.92 Å². The average molecular weight is 430 g/mol. The maximum Gasteiger partial charge on any atom is 0.437 e. The lowest BCUT2D eigenvalue weighted by Crippen LogP contribution is -2.25. The van der Waals surface area contributed by atoms with Gasteiger partial charge in [0.1, 0.15) is 4.90 Å². The summed E-state index contributed by atoms with van der Waals surface area (Å²) < 4.78 is 68.5. The normalized spacial score (nSPS) is 12.5. The molecule has 0 aliphatic rings. The van der Waals surface area contributed by atoms with Crippen LogP contribution in [-0.2, 0) is 20.8 Å². The van der Waals surface area contributed by atoms with Crippen molar-refractivity contribution in [2.45, 2.75) is 24.4 Å². The molecule has 0 aliphatic carbocycles. The van der Waals surface area contributed by atoms with Crippen LogP contribution in [0, 0.1) is 6.92 Å². The third-order valence-corrected chi connectivity index (χ3v) is 4.84. The molecule has 0 bridgehead atoms. The number of aryl methyl sites for hydroxylation is 1. The fourth-order valence-electron chi connectivity index (χ4n) is 2.25. The maximum atomic E-state index is 13.3. The monoisotopic (exact) mass is 430 g/mol. The SMILES string of the molecule is Cc1ccc(S(=O)(=O)ON=C(c2ccc(CCNC(=O)O)cc2)C(F)(F)F)cc1. The van der Waals surface area contributed by atoms with E-state index in [2.05, 4.69) is 14.8 Å². The van der Waals surface area contributed by atoms with Crippen molar-refractivity contribution in [2.24, 2.45) is 5.16 Å². The second kappa shape index (κ2) is 8.95. The fraction of sp³-hybridized carbons (Fsp3) is 0.222. The molecule has 0 heterocycles. The third kappa shape index (κ3) is 6.49. The van der Waals surface area contributed by atoms with Crippen LogP contribution in [0.5, 0.6) is 0 Å². The number of halogens is 3. The Morgan fingerprint density at radius 2 is 1.69 bits per heavy atom. The molecule has 0 atom stereocenters. The minimum atomic E-state index is -4.96. The first kappa shape index (κ1) is 22.2. The number of carboxylic acid groups (broad SMARTS) is 1. The molecule has 2 aromatic rings. The molecule has 0 fully saturated rings. The third-order valence-electron chi connectivity index (χ3n) is 3.72. The first-order valence-corrected chi connectivity index (χ1v) is 9.61. The van der Waals surface area contributed by atoms with E-state index in [0.29, 0.717) is 5.56 Å². The van der Waals surface area contributed by atoms with Crippen LogP contribution in [0.15, 0.2) is 58.6 Å². The van der Waals surface area contributed by atoms with Gasteiger partial charge in [0.2, 0.25) is 0 Å². The molecule has 0 spiro atoms. The van der Waals surface area contributed by atoms with Gasteiger partial charge in [0.05, 0.1) is 0 Å². The van der Waals surface area contributed by atoms with E-state index >= 15 is 0 Å². The van der Waals surface area contributed by atoms with Gasteiger partial charge in [-0.05, 0) is 31.0 Å². The van der Waals surface area contributed by atoms with Gasteiger partial charge < -0.3 is 10.4 Å². The Balaban J connectivity index is 2.23. The lowest BCUT2D eigenvalue weighted by molar-refractivity contribution is -0.0597. The Kier molecular flexibility index (Phi) is 6.85. The maximum absolute atomic E-state index is 13.3. The standard InChI is InChI=1S/C18H17F3N2O5S/c1-12-2-8-15(9-3-12)29(26,27)28-23-16(18(19,20)21)14-6-4-13(5-7-14)10-11-22-17(24)25/h2-9,22H,10-11H2,1H3,(H,24,25). The van der Waals surface area contributed by atoms with Crippen molar-refractivity contribution in [1.82, 2.24) is 5.32 Å². The minimum Gasteiger partial charge on any atom is -0.465 e.